The number of ether oxygens (including phenoxy) is 2. The van der Waals surface area contributed by atoms with Gasteiger partial charge in [0.05, 0.1) is 32.5 Å². The Morgan fingerprint density at radius 3 is 2.63 bits per heavy atom. The predicted octanol–water partition coefficient (Wildman–Crippen LogP) is 3.87. The van der Waals surface area contributed by atoms with Crippen LogP contribution in [-0.4, -0.2) is 52.0 Å². The Hall–Kier alpha value is -4.34. The van der Waals surface area contributed by atoms with Crippen molar-refractivity contribution >= 4 is 22.8 Å². The smallest absolute Gasteiger partial charge is 0.247 e. The summed E-state index contributed by atoms with van der Waals surface area (Å²) in [5, 5.41) is 11.5. The van der Waals surface area contributed by atoms with Gasteiger partial charge in [-0.1, -0.05) is 42.3 Å². The van der Waals surface area contributed by atoms with Gasteiger partial charge in [0.1, 0.15) is 23.9 Å². The van der Waals surface area contributed by atoms with E-state index in [4.69, 9.17) is 13.9 Å². The first-order chi connectivity index (χ1) is 18.6. The van der Waals surface area contributed by atoms with Crippen molar-refractivity contribution in [2.24, 2.45) is 0 Å². The lowest BCUT2D eigenvalue weighted by Gasteiger charge is -2.32. The molecule has 1 atom stereocenters. The minimum absolute atomic E-state index is 0.0569. The molecule has 0 unspecified atom stereocenters. The number of furan rings is 1. The van der Waals surface area contributed by atoms with Crippen LogP contribution in [0.3, 0.4) is 0 Å². The van der Waals surface area contributed by atoms with E-state index in [2.05, 4.69) is 15.6 Å². The molecule has 1 saturated carbocycles. The Labute approximate surface area is 220 Å². The number of amides is 2. The summed E-state index contributed by atoms with van der Waals surface area (Å²) in [6.45, 7) is -0.0394. The normalized spacial score (nSPS) is 14.4. The lowest BCUT2D eigenvalue weighted by atomic mass is 10.0. The number of hydrogen-bond acceptors (Lipinski definition) is 7. The van der Waals surface area contributed by atoms with Crippen molar-refractivity contribution in [1.82, 2.24) is 25.2 Å². The first-order valence-electron chi connectivity index (χ1n) is 12.7. The summed E-state index contributed by atoms with van der Waals surface area (Å²) in [5.74, 6) is 0.795. The minimum atomic E-state index is -1.01. The van der Waals surface area contributed by atoms with Gasteiger partial charge in [-0.15, -0.1) is 5.10 Å². The lowest BCUT2D eigenvalue weighted by molar-refractivity contribution is -0.142. The van der Waals surface area contributed by atoms with E-state index in [1.54, 1.807) is 41.3 Å². The molecule has 0 bridgehead atoms. The van der Waals surface area contributed by atoms with Crippen LogP contribution in [-0.2, 0) is 22.7 Å². The molecule has 0 saturated heterocycles. The average Bonchev–Trinajstić information content (AvgIpc) is 3.71. The number of benzene rings is 2. The summed E-state index contributed by atoms with van der Waals surface area (Å²) in [4.78, 5) is 29.5. The van der Waals surface area contributed by atoms with E-state index in [0.717, 1.165) is 31.2 Å². The summed E-state index contributed by atoms with van der Waals surface area (Å²) in [7, 11) is 3.06. The second-order valence-electron chi connectivity index (χ2n) is 9.31. The quantitative estimate of drug-likeness (QED) is 0.340. The monoisotopic (exact) mass is 517 g/mol. The van der Waals surface area contributed by atoms with Crippen LogP contribution in [0.15, 0.2) is 65.3 Å². The van der Waals surface area contributed by atoms with Crippen LogP contribution in [0.2, 0.25) is 0 Å². The van der Waals surface area contributed by atoms with Gasteiger partial charge in [-0.25, -0.2) is 4.68 Å². The summed E-state index contributed by atoms with van der Waals surface area (Å²) < 4.78 is 18.4. The molecule has 2 aromatic heterocycles. The average molecular weight is 518 g/mol. The standard InChI is InChI=1S/C28H31N5O5/c1-36-24-15-7-12-21(27(24)37-2)26(28(35)29-19-9-3-4-10-19)32(17-20-11-8-16-38-20)25(34)18-33-23-14-6-5-13-22(23)30-31-33/h5-8,11-16,19,26H,3-4,9-10,17-18H2,1-2H3,(H,29,35)/t26-/m1/s1. The number of para-hydroxylation sites is 2. The fourth-order valence-electron chi connectivity index (χ4n) is 5.08. The summed E-state index contributed by atoms with van der Waals surface area (Å²) >= 11 is 0. The van der Waals surface area contributed by atoms with Gasteiger partial charge in [0.2, 0.25) is 11.8 Å². The van der Waals surface area contributed by atoms with Gasteiger partial charge in [-0.2, -0.15) is 0 Å². The summed E-state index contributed by atoms with van der Waals surface area (Å²) in [6.07, 6.45) is 5.48. The van der Waals surface area contributed by atoms with Crippen molar-refractivity contribution in [1.29, 1.82) is 0 Å². The number of aromatic nitrogens is 3. The molecule has 10 nitrogen and oxygen atoms in total. The lowest BCUT2D eigenvalue weighted by Crippen LogP contribution is -2.46. The highest BCUT2D eigenvalue weighted by Gasteiger charge is 2.36. The number of carbonyl (C=O) groups excluding carboxylic acids is 2. The van der Waals surface area contributed by atoms with E-state index in [9.17, 15) is 9.59 Å². The topological polar surface area (TPSA) is 112 Å². The number of carbonyl (C=O) groups is 2. The fraction of sp³-hybridized carbons (Fsp3) is 0.357. The van der Waals surface area contributed by atoms with Crippen molar-refractivity contribution in [3.8, 4) is 11.5 Å². The van der Waals surface area contributed by atoms with Crippen LogP contribution < -0.4 is 14.8 Å². The number of methoxy groups -OCH3 is 2. The SMILES string of the molecule is COc1cccc([C@H](C(=O)NC2CCCC2)N(Cc2ccco2)C(=O)Cn2nnc3ccccc32)c1OC. The van der Waals surface area contributed by atoms with Gasteiger partial charge in [-0.05, 0) is 43.2 Å². The Kier molecular flexibility index (Phi) is 7.57. The highest BCUT2D eigenvalue weighted by atomic mass is 16.5. The molecule has 1 fully saturated rings. The van der Waals surface area contributed by atoms with Crippen molar-refractivity contribution in [3.05, 3.63) is 72.2 Å². The van der Waals surface area contributed by atoms with Crippen LogP contribution in [0.1, 0.15) is 43.0 Å². The predicted molar refractivity (Wildman–Crippen MR) is 139 cm³/mol. The third-order valence-corrected chi connectivity index (χ3v) is 6.92. The molecule has 5 rings (SSSR count). The van der Waals surface area contributed by atoms with E-state index >= 15 is 0 Å². The highest BCUT2D eigenvalue weighted by molar-refractivity contribution is 5.90. The Bertz CT molecular complexity index is 1390. The van der Waals surface area contributed by atoms with Crippen LogP contribution in [0.25, 0.3) is 11.0 Å². The molecule has 10 heteroatoms. The van der Waals surface area contributed by atoms with Gasteiger partial charge in [-0.3, -0.25) is 9.59 Å². The maximum absolute atomic E-state index is 14.0. The van der Waals surface area contributed by atoms with Gasteiger partial charge in [0.15, 0.2) is 11.5 Å². The van der Waals surface area contributed by atoms with E-state index in [1.165, 1.54) is 19.1 Å². The van der Waals surface area contributed by atoms with E-state index in [-0.39, 0.29) is 30.9 Å². The zero-order chi connectivity index (χ0) is 26.5. The number of nitrogens with zero attached hydrogens (tertiary/aromatic N) is 4. The molecule has 1 aliphatic rings. The van der Waals surface area contributed by atoms with Crippen LogP contribution in [0, 0.1) is 0 Å². The molecule has 0 radical (unpaired) electrons. The third-order valence-electron chi connectivity index (χ3n) is 6.92. The highest BCUT2D eigenvalue weighted by Crippen LogP contribution is 2.38. The number of hydrogen-bond donors (Lipinski definition) is 1. The van der Waals surface area contributed by atoms with Crippen LogP contribution in [0.5, 0.6) is 11.5 Å². The van der Waals surface area contributed by atoms with Crippen LogP contribution >= 0.6 is 0 Å². The Balaban J connectivity index is 1.57. The molecule has 1 N–H and O–H groups in total. The zero-order valence-corrected chi connectivity index (χ0v) is 21.5. The largest absolute Gasteiger partial charge is 0.493 e. The molecule has 0 spiro atoms. The number of nitrogens with one attached hydrogen (secondary N) is 1. The van der Waals surface area contributed by atoms with Gasteiger partial charge in [0.25, 0.3) is 0 Å². The molecule has 2 amide bonds. The molecular weight excluding hydrogens is 486 g/mol. The van der Waals surface area contributed by atoms with Crippen molar-refractivity contribution in [2.75, 3.05) is 14.2 Å². The van der Waals surface area contributed by atoms with Crippen molar-refractivity contribution < 1.29 is 23.5 Å². The molecular formula is C28H31N5O5. The fourth-order valence-corrected chi connectivity index (χ4v) is 5.08. The van der Waals surface area contributed by atoms with Gasteiger partial charge < -0.3 is 24.1 Å². The van der Waals surface area contributed by atoms with E-state index in [0.29, 0.717) is 28.3 Å². The van der Waals surface area contributed by atoms with Gasteiger partial charge >= 0.3 is 0 Å². The van der Waals surface area contributed by atoms with E-state index < -0.39 is 6.04 Å². The molecule has 38 heavy (non-hydrogen) atoms. The third kappa shape index (κ3) is 5.20. The molecule has 198 valence electrons. The van der Waals surface area contributed by atoms with Crippen LogP contribution in [0.4, 0.5) is 0 Å². The summed E-state index contributed by atoms with van der Waals surface area (Å²) in [6, 6.07) is 15.3. The minimum Gasteiger partial charge on any atom is -0.493 e. The van der Waals surface area contributed by atoms with Crippen molar-refractivity contribution in [2.45, 2.75) is 50.9 Å². The second-order valence-corrected chi connectivity index (χ2v) is 9.31. The maximum Gasteiger partial charge on any atom is 0.247 e. The Morgan fingerprint density at radius 1 is 1.08 bits per heavy atom. The maximum atomic E-state index is 14.0. The second kappa shape index (κ2) is 11.4. The Morgan fingerprint density at radius 2 is 1.89 bits per heavy atom. The number of rotatable bonds is 10. The van der Waals surface area contributed by atoms with E-state index in [1.807, 2.05) is 24.3 Å². The first-order valence-corrected chi connectivity index (χ1v) is 12.7. The van der Waals surface area contributed by atoms with Crippen molar-refractivity contribution in [3.63, 3.8) is 0 Å². The van der Waals surface area contributed by atoms with Gasteiger partial charge in [0, 0.05) is 11.6 Å². The molecule has 2 heterocycles. The molecule has 4 aromatic rings. The molecule has 0 aliphatic heterocycles. The number of fused-ring (bicyclic) bond motifs is 1. The summed E-state index contributed by atoms with van der Waals surface area (Å²) in [5.41, 5.74) is 1.93. The molecule has 2 aromatic carbocycles. The zero-order valence-electron chi connectivity index (χ0n) is 21.5. The first kappa shape index (κ1) is 25.3. The molecule has 1 aliphatic carbocycles.